The molecule has 0 atom stereocenters. The van der Waals surface area contributed by atoms with Crippen LogP contribution in [-0.2, 0) is 653 Å². The zero-order chi connectivity index (χ0) is 52.2. The maximum absolute atomic E-state index is 4.82. The van der Waals surface area contributed by atoms with Crippen molar-refractivity contribution in [1.82, 2.24) is 0 Å². The molecule has 73 heavy (non-hydrogen) atoms. The van der Waals surface area contributed by atoms with Gasteiger partial charge in [0.15, 0.2) is 0 Å². The molecule has 73 heteroatoms. The number of rotatable bonds is 0. The van der Waals surface area contributed by atoms with Gasteiger partial charge in [-0.1, -0.05) is 0 Å². The van der Waals surface area contributed by atoms with Gasteiger partial charge in [-0.15, -0.1) is 0 Å². The third-order valence-corrected chi connectivity index (χ3v) is 157. The minimum atomic E-state index is 1.37. The van der Waals surface area contributed by atoms with E-state index in [1.807, 2.05) is 506 Å². The molecule has 0 saturated heterocycles. The summed E-state index contributed by atoms with van der Waals surface area (Å²) in [4.78, 5) is 0. The molecule has 0 aliphatic rings. The lowest BCUT2D eigenvalue weighted by atomic mass is 30.7. The van der Waals surface area contributed by atoms with Crippen molar-refractivity contribution in [2.45, 2.75) is 0 Å². The Morgan fingerprint density at radius 2 is 0.110 bits per heavy atom. The number of hydrogen-bond acceptors (Lipinski definition) is 2. The maximum atomic E-state index is 4.82. The summed E-state index contributed by atoms with van der Waals surface area (Å²) in [5.41, 5.74) is 0. The fraction of sp³-hybridized carbons (Fsp3) is 0. The maximum Gasteiger partial charge on any atom is 0 e. The second-order valence-corrected chi connectivity index (χ2v) is 130. The van der Waals surface area contributed by atoms with Crippen LogP contribution in [0.4, 0.5) is 0 Å². The van der Waals surface area contributed by atoms with Crippen molar-refractivity contribution in [3.63, 3.8) is 0 Å². The monoisotopic (exact) mass is 2330 g/mol. The topological polar surface area (TPSA) is 0 Å². The largest absolute Gasteiger partial charge is 0 e. The Bertz CT molecular complexity index is 5110. The summed E-state index contributed by atoms with van der Waals surface area (Å²) in [6.07, 6.45) is 0. The van der Waals surface area contributed by atoms with Gasteiger partial charge >= 0.3 is 0 Å². The lowest BCUT2D eigenvalue weighted by molar-refractivity contribution is 5.95. The highest BCUT2D eigenvalue weighted by Crippen LogP contribution is 1.48. The van der Waals surface area contributed by atoms with Gasteiger partial charge in [0, 0.05) is 653 Å². The van der Waals surface area contributed by atoms with Crippen molar-refractivity contribution in [1.29, 1.82) is 0 Å². The van der Waals surface area contributed by atoms with Crippen LogP contribution in [0.2, 0.25) is 0 Å². The van der Waals surface area contributed by atoms with Gasteiger partial charge in [0.1, 0.15) is 0 Å². The molecular formula is S73. The second-order valence-electron chi connectivity index (χ2n) is 4.83. The molecule has 0 saturated carbocycles. The van der Waals surface area contributed by atoms with Crippen molar-refractivity contribution in [2.24, 2.45) is 0 Å². The zero-order valence-electron chi connectivity index (χ0n) is 29.8. The molecule has 0 bridgehead atoms. The fourth-order valence-electron chi connectivity index (χ4n) is 0.782. The van der Waals surface area contributed by atoms with Crippen molar-refractivity contribution in [2.75, 3.05) is 0 Å². The Kier molecular flexibility index (Phi) is 107. The van der Waals surface area contributed by atoms with E-state index >= 15 is 0 Å². The van der Waals surface area contributed by atoms with Gasteiger partial charge in [-0.2, -0.15) is 0 Å². The van der Waals surface area contributed by atoms with Crippen LogP contribution >= 0.6 is 0 Å². The van der Waals surface area contributed by atoms with Crippen LogP contribution in [0, 0.1) is 0 Å². The van der Waals surface area contributed by atoms with Crippen LogP contribution in [0.3, 0.4) is 0 Å². The van der Waals surface area contributed by atoms with Crippen LogP contribution in [-0.4, -0.2) is 0 Å². The van der Waals surface area contributed by atoms with Crippen LogP contribution in [0.1, 0.15) is 0 Å². The highest BCUT2D eigenvalue weighted by molar-refractivity contribution is 8.84. The Morgan fingerprint density at radius 1 is 0.0685 bits per heavy atom. The van der Waals surface area contributed by atoms with Crippen LogP contribution < -0.4 is 0 Å². The Hall–Kier alpha value is 16.1. The molecule has 0 radical (unpaired) electrons. The molecule has 0 aromatic rings. The summed E-state index contributed by atoms with van der Waals surface area (Å²) in [7, 11) is 128. The predicted molar refractivity (Wildman–Crippen MR) is 538 cm³/mol. The standard InChI is InChI=1S/S73/c1-3-5-7-9-11-13-15-17-19-21-23-25-27-29-31-33-35-37-39-41-43-45-47-49-51-53-55-57-59-61-63-65-67-69-71-73-72-70-68-66-64-62-60-58-56-54-52-50-48-46-44-42-40-38-36-34-32-30-28-26-24-22-20-18-16-14-12-10-8-6-4-2. The zero-order valence-corrected chi connectivity index (χ0v) is 89.4. The normalized spacial score (nSPS) is 7.84. The van der Waals surface area contributed by atoms with Gasteiger partial charge in [0.2, 0.25) is 0 Å². The van der Waals surface area contributed by atoms with Gasteiger partial charge in [-0.25, -0.2) is 0 Å². The lowest BCUT2D eigenvalue weighted by Crippen LogP contribution is -1.41. The van der Waals surface area contributed by atoms with E-state index in [4.69, 9.17) is 22.4 Å². The molecule has 0 aliphatic heterocycles. The van der Waals surface area contributed by atoms with E-state index in [1.165, 1.54) is 17.8 Å². The van der Waals surface area contributed by atoms with Crippen molar-refractivity contribution < 1.29 is 0 Å². The molecule has 0 aromatic carbocycles. The van der Waals surface area contributed by atoms with E-state index in [-0.39, 0.29) is 0 Å². The summed E-state index contributed by atoms with van der Waals surface area (Å²) in [5, 5.41) is 0. The van der Waals surface area contributed by atoms with Gasteiger partial charge in [0.25, 0.3) is 0 Å². The van der Waals surface area contributed by atoms with E-state index < -0.39 is 0 Å². The molecule has 0 heterocycles. The first kappa shape index (κ1) is 89.1. The number of hydrogen-bond donors (Lipinski definition) is 0. The average molecular weight is 2340 g/mol. The van der Waals surface area contributed by atoms with E-state index in [0.717, 1.165) is 0 Å². The summed E-state index contributed by atoms with van der Waals surface area (Å²) in [6, 6.07) is 0. The summed E-state index contributed by atoms with van der Waals surface area (Å²) in [6.45, 7) is 0. The molecule has 0 aliphatic carbocycles. The van der Waals surface area contributed by atoms with Crippen LogP contribution in [0.15, 0.2) is 0 Å². The summed E-state index contributed by atoms with van der Waals surface area (Å²) < 4.78 is 0. The molecular weight excluding hydrogens is 2340 g/mol. The Labute approximate surface area is 632 Å². The first-order valence-electron chi connectivity index (χ1n) is 12.0. The summed E-state index contributed by atoms with van der Waals surface area (Å²) >= 11 is 9.65. The Morgan fingerprint density at radius 3 is 0.151 bits per heavy atom. The molecule has 0 unspecified atom stereocenters. The molecule has 438 valence electrons. The first-order valence-corrected chi connectivity index (χ1v) is 108. The minimum Gasteiger partial charge on any atom is 0 e. The average Bonchev–Trinajstić information content (AvgIpc) is 3.40. The molecule has 0 fully saturated rings. The molecule has 0 N–H and O–H groups in total. The highest BCUT2D eigenvalue weighted by atomic mass is 33.5. The van der Waals surface area contributed by atoms with E-state index in [9.17, 15) is 0 Å². The van der Waals surface area contributed by atoms with Gasteiger partial charge in [-0.3, -0.25) is 0 Å². The van der Waals surface area contributed by atoms with Crippen molar-refractivity contribution >= 4 is 653 Å². The van der Waals surface area contributed by atoms with Crippen LogP contribution in [0.25, 0.3) is 0 Å². The van der Waals surface area contributed by atoms with Crippen molar-refractivity contribution in [3.05, 3.63) is 0 Å². The van der Waals surface area contributed by atoms with Crippen LogP contribution in [0.5, 0.6) is 0 Å². The lowest BCUT2D eigenvalue weighted by Gasteiger charge is -1.41. The second kappa shape index (κ2) is 88.1. The van der Waals surface area contributed by atoms with E-state index in [0.29, 0.717) is 0 Å². The van der Waals surface area contributed by atoms with Gasteiger partial charge in [-0.05, 0) is 0 Å². The quantitative estimate of drug-likeness (QED) is 0.331. The fourth-order valence-corrected chi connectivity index (χ4v) is 190. The Balaban J connectivity index is 6.14. The predicted octanol–water partition coefficient (Wildman–Crippen LogP) is -0.175. The first-order chi connectivity index (χ1) is 36.4. The third-order valence-electron chi connectivity index (χ3n) is 1.94. The third kappa shape index (κ3) is 88.1. The summed E-state index contributed by atoms with van der Waals surface area (Å²) in [5.74, 6) is 0. The smallest absolute Gasteiger partial charge is 0 e. The van der Waals surface area contributed by atoms with Crippen molar-refractivity contribution in [3.8, 4) is 0 Å². The van der Waals surface area contributed by atoms with Gasteiger partial charge < -0.3 is 0 Å². The SMILES string of the molecule is S=S=S=S=S=S=S=S=S=S=S=S=S=S=S=S=S=S=S=S=S=S=S=S=S=S=S=S=S=S=S=S=S=S=S=S=S=S=S=S=S=S=S=S=S=S=S=S=S=S=S=S=S=S=S=S=S=S=S=S=S=S=S=S=S=S=S=S=S=S=S=S=S. The molecule has 0 rings (SSSR count). The van der Waals surface area contributed by atoms with E-state index in [2.05, 4.69) is 0 Å². The van der Waals surface area contributed by atoms with E-state index in [1.54, 1.807) is 107 Å². The molecule has 0 nitrogen and oxygen atoms in total. The highest BCUT2D eigenvalue weighted by Gasteiger charge is 1.48. The molecule has 0 amide bonds. The molecule has 0 spiro atoms. The molecule has 0 aromatic heterocycles. The van der Waals surface area contributed by atoms with Gasteiger partial charge in [0.05, 0.1) is 0 Å². The minimum absolute atomic E-state index is 1.37.